The fourth-order valence-electron chi connectivity index (χ4n) is 2.32. The van der Waals surface area contributed by atoms with Crippen molar-refractivity contribution in [3.8, 4) is 29.0 Å². The lowest BCUT2D eigenvalue weighted by Gasteiger charge is -2.11. The number of benzene rings is 2. The smallest absolute Gasteiger partial charge is 0.276 e. The second-order valence-electron chi connectivity index (χ2n) is 5.86. The SMILES string of the molecule is COc1ccc(-c2nnc(SC[C@@H](O)COc3ccc(CC#N)cc3)o2)cc1. The summed E-state index contributed by atoms with van der Waals surface area (Å²) in [4.78, 5) is 0. The Kier molecular flexibility index (Phi) is 6.89. The number of hydrogen-bond donors (Lipinski definition) is 1. The van der Waals surface area contributed by atoms with Crippen LogP contribution in [0.5, 0.6) is 11.5 Å². The zero-order valence-electron chi connectivity index (χ0n) is 15.2. The zero-order chi connectivity index (χ0) is 19.8. The van der Waals surface area contributed by atoms with Gasteiger partial charge in [-0.25, -0.2) is 0 Å². The maximum Gasteiger partial charge on any atom is 0.276 e. The summed E-state index contributed by atoms with van der Waals surface area (Å²) in [5.74, 6) is 2.16. The van der Waals surface area contributed by atoms with Gasteiger partial charge in [0.2, 0.25) is 5.89 Å². The van der Waals surface area contributed by atoms with Crippen LogP contribution in [-0.4, -0.2) is 40.9 Å². The molecule has 0 spiro atoms. The first-order valence-corrected chi connectivity index (χ1v) is 9.54. The second kappa shape index (κ2) is 9.78. The van der Waals surface area contributed by atoms with Crippen molar-refractivity contribution in [1.29, 1.82) is 5.26 Å². The topological polar surface area (TPSA) is 101 Å². The summed E-state index contributed by atoms with van der Waals surface area (Å²) < 4.78 is 16.3. The number of thioether (sulfide) groups is 1. The Hall–Kier alpha value is -3.02. The quantitative estimate of drug-likeness (QED) is 0.549. The molecule has 1 aromatic heterocycles. The van der Waals surface area contributed by atoms with Gasteiger partial charge >= 0.3 is 0 Å². The molecule has 2 aromatic carbocycles. The van der Waals surface area contributed by atoms with Crippen molar-refractivity contribution in [2.75, 3.05) is 19.5 Å². The number of nitrogens with zero attached hydrogens (tertiary/aromatic N) is 3. The predicted octanol–water partition coefficient (Wildman–Crippen LogP) is 3.34. The van der Waals surface area contributed by atoms with Gasteiger partial charge in [0.1, 0.15) is 18.1 Å². The molecule has 0 saturated carbocycles. The van der Waals surface area contributed by atoms with Gasteiger partial charge in [0.25, 0.3) is 5.22 Å². The van der Waals surface area contributed by atoms with Gasteiger partial charge in [-0.05, 0) is 42.0 Å². The molecular formula is C20H19N3O4S. The van der Waals surface area contributed by atoms with Gasteiger partial charge in [-0.3, -0.25) is 0 Å². The molecule has 28 heavy (non-hydrogen) atoms. The molecule has 0 aliphatic carbocycles. The lowest BCUT2D eigenvalue weighted by Crippen LogP contribution is -2.20. The average molecular weight is 397 g/mol. The van der Waals surface area contributed by atoms with Crippen molar-refractivity contribution >= 4 is 11.8 Å². The van der Waals surface area contributed by atoms with E-state index in [0.29, 0.717) is 29.0 Å². The van der Waals surface area contributed by atoms with E-state index in [2.05, 4.69) is 16.3 Å². The molecule has 0 bridgehead atoms. The fraction of sp³-hybridized carbons (Fsp3) is 0.250. The van der Waals surface area contributed by atoms with E-state index in [4.69, 9.17) is 19.2 Å². The van der Waals surface area contributed by atoms with Crippen LogP contribution >= 0.6 is 11.8 Å². The summed E-state index contributed by atoms with van der Waals surface area (Å²) in [6, 6.07) is 16.6. The largest absolute Gasteiger partial charge is 0.497 e. The molecule has 3 rings (SSSR count). The summed E-state index contributed by atoms with van der Waals surface area (Å²) in [6.07, 6.45) is -0.331. The van der Waals surface area contributed by atoms with Crippen LogP contribution < -0.4 is 9.47 Å². The van der Waals surface area contributed by atoms with Crippen LogP contribution in [0.25, 0.3) is 11.5 Å². The highest BCUT2D eigenvalue weighted by atomic mass is 32.2. The number of hydrogen-bond acceptors (Lipinski definition) is 8. The van der Waals surface area contributed by atoms with Crippen LogP contribution in [-0.2, 0) is 6.42 Å². The number of methoxy groups -OCH3 is 1. The van der Waals surface area contributed by atoms with Gasteiger partial charge in [0.05, 0.1) is 25.7 Å². The molecule has 1 heterocycles. The molecule has 0 radical (unpaired) electrons. The van der Waals surface area contributed by atoms with Crippen LogP contribution in [0.2, 0.25) is 0 Å². The summed E-state index contributed by atoms with van der Waals surface area (Å²) >= 11 is 1.26. The number of nitriles is 1. The maximum atomic E-state index is 10.1. The van der Waals surface area contributed by atoms with E-state index in [1.165, 1.54) is 11.8 Å². The van der Waals surface area contributed by atoms with Crippen LogP contribution in [0.4, 0.5) is 0 Å². The fourth-order valence-corrected chi connectivity index (χ4v) is 2.99. The minimum atomic E-state index is -0.694. The molecular weight excluding hydrogens is 378 g/mol. The molecule has 7 nitrogen and oxygen atoms in total. The molecule has 0 unspecified atom stereocenters. The highest BCUT2D eigenvalue weighted by molar-refractivity contribution is 7.99. The summed E-state index contributed by atoms with van der Waals surface area (Å²) in [6.45, 7) is 0.143. The Morgan fingerprint density at radius 3 is 2.50 bits per heavy atom. The standard InChI is InChI=1S/C20H19N3O4S/c1-25-17-8-4-15(5-9-17)19-22-23-20(27-19)28-13-16(24)12-26-18-6-2-14(3-7-18)10-11-21/h2-9,16,24H,10,12-13H2,1H3/t16-/m0/s1. The van der Waals surface area contributed by atoms with E-state index in [1.54, 1.807) is 19.2 Å². The van der Waals surface area contributed by atoms with E-state index in [1.807, 2.05) is 36.4 Å². The molecule has 1 N–H and O–H groups in total. The number of rotatable bonds is 9. The summed E-state index contributed by atoms with van der Waals surface area (Å²) in [7, 11) is 1.61. The van der Waals surface area contributed by atoms with Crippen LogP contribution in [0.15, 0.2) is 58.2 Å². The minimum absolute atomic E-state index is 0.143. The Balaban J connectivity index is 1.46. The highest BCUT2D eigenvalue weighted by Gasteiger charge is 2.12. The van der Waals surface area contributed by atoms with Crippen molar-refractivity contribution in [2.24, 2.45) is 0 Å². The van der Waals surface area contributed by atoms with Crippen molar-refractivity contribution in [1.82, 2.24) is 10.2 Å². The van der Waals surface area contributed by atoms with Crippen molar-refractivity contribution in [3.05, 3.63) is 54.1 Å². The second-order valence-corrected chi connectivity index (χ2v) is 6.83. The number of aliphatic hydroxyl groups excluding tert-OH is 1. The Morgan fingerprint density at radius 2 is 1.82 bits per heavy atom. The van der Waals surface area contributed by atoms with Gasteiger partial charge in [-0.1, -0.05) is 23.9 Å². The third-order valence-electron chi connectivity index (χ3n) is 3.79. The molecule has 0 amide bonds. The molecule has 1 atom stereocenters. The normalized spacial score (nSPS) is 11.6. The molecule has 0 fully saturated rings. The number of aliphatic hydroxyl groups is 1. The first-order valence-electron chi connectivity index (χ1n) is 8.55. The summed E-state index contributed by atoms with van der Waals surface area (Å²) in [5, 5.41) is 27.2. The van der Waals surface area contributed by atoms with Crippen molar-refractivity contribution in [2.45, 2.75) is 17.7 Å². The predicted molar refractivity (Wildman–Crippen MR) is 104 cm³/mol. The molecule has 0 aliphatic heterocycles. The highest BCUT2D eigenvalue weighted by Crippen LogP contribution is 2.25. The third-order valence-corrected chi connectivity index (χ3v) is 4.75. The van der Waals surface area contributed by atoms with E-state index in [9.17, 15) is 5.11 Å². The minimum Gasteiger partial charge on any atom is -0.497 e. The first kappa shape index (κ1) is 19.7. The van der Waals surface area contributed by atoms with E-state index in [0.717, 1.165) is 16.9 Å². The zero-order valence-corrected chi connectivity index (χ0v) is 16.1. The molecule has 3 aromatic rings. The van der Waals surface area contributed by atoms with Gasteiger partial charge < -0.3 is 19.0 Å². The van der Waals surface area contributed by atoms with Gasteiger partial charge in [-0.15, -0.1) is 10.2 Å². The number of aromatic nitrogens is 2. The summed E-state index contributed by atoms with van der Waals surface area (Å²) in [5.41, 5.74) is 1.72. The monoisotopic (exact) mass is 397 g/mol. The van der Waals surface area contributed by atoms with Gasteiger partial charge in [0.15, 0.2) is 0 Å². The van der Waals surface area contributed by atoms with Crippen LogP contribution in [0.1, 0.15) is 5.56 Å². The maximum absolute atomic E-state index is 10.1. The van der Waals surface area contributed by atoms with Crippen LogP contribution in [0, 0.1) is 11.3 Å². The van der Waals surface area contributed by atoms with E-state index < -0.39 is 6.10 Å². The molecule has 0 saturated heterocycles. The molecule has 144 valence electrons. The van der Waals surface area contributed by atoms with Gasteiger partial charge in [-0.2, -0.15) is 5.26 Å². The Labute approximate surface area is 166 Å². The first-order chi connectivity index (χ1) is 13.7. The van der Waals surface area contributed by atoms with Crippen LogP contribution in [0.3, 0.4) is 0 Å². The molecule has 0 aliphatic rings. The van der Waals surface area contributed by atoms with E-state index >= 15 is 0 Å². The average Bonchev–Trinajstić information content (AvgIpc) is 3.21. The number of ether oxygens (including phenoxy) is 2. The Morgan fingerprint density at radius 1 is 1.11 bits per heavy atom. The third kappa shape index (κ3) is 5.49. The molecule has 8 heteroatoms. The van der Waals surface area contributed by atoms with Gasteiger partial charge in [0, 0.05) is 11.3 Å². The van der Waals surface area contributed by atoms with E-state index in [-0.39, 0.29) is 6.61 Å². The Bertz CT molecular complexity index is 920. The lowest BCUT2D eigenvalue weighted by atomic mass is 10.2. The van der Waals surface area contributed by atoms with Crippen molar-refractivity contribution < 1.29 is 19.0 Å². The lowest BCUT2D eigenvalue weighted by molar-refractivity contribution is 0.126. The van der Waals surface area contributed by atoms with Crippen molar-refractivity contribution in [3.63, 3.8) is 0 Å².